The normalized spacial score (nSPS) is 10.6. The molecule has 0 N–H and O–H groups in total. The van der Waals surface area contributed by atoms with Gasteiger partial charge in [-0.3, -0.25) is 4.98 Å². The second-order valence-corrected chi connectivity index (χ2v) is 4.69. The van der Waals surface area contributed by atoms with E-state index < -0.39 is 5.82 Å². The predicted octanol–water partition coefficient (Wildman–Crippen LogP) is 4.43. The first-order valence-electron chi connectivity index (χ1n) is 5.11. The van der Waals surface area contributed by atoms with Crippen molar-refractivity contribution in [3.63, 3.8) is 0 Å². The fraction of sp³-hybridized carbons (Fsp3) is 0.154. The lowest BCUT2D eigenvalue weighted by Gasteiger charge is -2.06. The smallest absolute Gasteiger partial charge is 0.142 e. The first-order valence-corrected chi connectivity index (χ1v) is 5.87. The van der Waals surface area contributed by atoms with Crippen LogP contribution in [-0.4, -0.2) is 4.98 Å². The molecule has 2 rings (SSSR count). The van der Waals surface area contributed by atoms with Gasteiger partial charge < -0.3 is 0 Å². The maximum atomic E-state index is 13.3. The van der Waals surface area contributed by atoms with E-state index in [1.165, 1.54) is 6.07 Å². The fourth-order valence-electron chi connectivity index (χ4n) is 1.60. The van der Waals surface area contributed by atoms with Crippen LogP contribution < -0.4 is 0 Å². The molecule has 0 saturated carbocycles. The zero-order valence-electron chi connectivity index (χ0n) is 9.17. The number of hydrogen-bond acceptors (Lipinski definition) is 1. The highest BCUT2D eigenvalue weighted by Crippen LogP contribution is 2.19. The minimum Gasteiger partial charge on any atom is -0.259 e. The van der Waals surface area contributed by atoms with E-state index in [1.807, 2.05) is 13.0 Å². The maximum Gasteiger partial charge on any atom is 0.142 e. The van der Waals surface area contributed by atoms with Gasteiger partial charge in [0.2, 0.25) is 0 Å². The number of halogens is 3. The summed E-state index contributed by atoms with van der Waals surface area (Å²) in [5.74, 6) is -0.407. The van der Waals surface area contributed by atoms with Crippen LogP contribution in [0.25, 0.3) is 0 Å². The van der Waals surface area contributed by atoms with Gasteiger partial charge >= 0.3 is 0 Å². The first-order chi connectivity index (χ1) is 8.06. The molecule has 4 heteroatoms. The van der Waals surface area contributed by atoms with Crippen LogP contribution >= 0.6 is 23.2 Å². The van der Waals surface area contributed by atoms with Gasteiger partial charge in [-0.2, -0.15) is 0 Å². The Kier molecular flexibility index (Phi) is 3.65. The number of hydrogen-bond donors (Lipinski definition) is 0. The summed E-state index contributed by atoms with van der Waals surface area (Å²) in [6.07, 6.45) is 2.16. The Balaban J connectivity index is 2.28. The Bertz CT molecular complexity index is 555. The van der Waals surface area contributed by atoms with E-state index in [0.717, 1.165) is 16.8 Å². The van der Waals surface area contributed by atoms with Gasteiger partial charge in [0.1, 0.15) is 5.82 Å². The van der Waals surface area contributed by atoms with E-state index in [0.29, 0.717) is 11.4 Å². The minimum atomic E-state index is -0.407. The quantitative estimate of drug-likeness (QED) is 0.786. The summed E-state index contributed by atoms with van der Waals surface area (Å²) >= 11 is 11.5. The summed E-state index contributed by atoms with van der Waals surface area (Å²) in [6, 6.07) is 6.62. The molecule has 1 nitrogen and oxygen atoms in total. The van der Waals surface area contributed by atoms with E-state index in [2.05, 4.69) is 4.98 Å². The van der Waals surface area contributed by atoms with Gasteiger partial charge in [-0.15, -0.1) is 0 Å². The van der Waals surface area contributed by atoms with E-state index in [9.17, 15) is 4.39 Å². The number of nitrogens with zero attached hydrogens (tertiary/aromatic N) is 1. The van der Waals surface area contributed by atoms with Gasteiger partial charge in [-0.25, -0.2) is 4.39 Å². The summed E-state index contributed by atoms with van der Waals surface area (Å²) in [6.45, 7) is 1.93. The highest BCUT2D eigenvalue weighted by Gasteiger charge is 2.05. The molecule has 0 saturated heterocycles. The van der Waals surface area contributed by atoms with Crippen molar-refractivity contribution in [1.29, 1.82) is 0 Å². The Morgan fingerprint density at radius 2 is 2.00 bits per heavy atom. The zero-order chi connectivity index (χ0) is 12.4. The number of benzene rings is 1. The molecule has 0 unspecified atom stereocenters. The van der Waals surface area contributed by atoms with Crippen LogP contribution in [0.2, 0.25) is 10.0 Å². The van der Waals surface area contributed by atoms with E-state index in [1.54, 1.807) is 18.3 Å². The van der Waals surface area contributed by atoms with E-state index in [4.69, 9.17) is 23.2 Å². The molecule has 17 heavy (non-hydrogen) atoms. The average molecular weight is 270 g/mol. The molecule has 2 aromatic rings. The van der Waals surface area contributed by atoms with E-state index in [-0.39, 0.29) is 5.02 Å². The molecule has 0 aliphatic heterocycles. The molecule has 1 aromatic heterocycles. The predicted molar refractivity (Wildman–Crippen MR) is 68.2 cm³/mol. The number of aromatic nitrogens is 1. The summed E-state index contributed by atoms with van der Waals surface area (Å²) in [7, 11) is 0. The minimum absolute atomic E-state index is 0.134. The molecule has 1 heterocycles. The van der Waals surface area contributed by atoms with Gasteiger partial charge in [0.25, 0.3) is 0 Å². The van der Waals surface area contributed by atoms with Crippen molar-refractivity contribution in [2.75, 3.05) is 0 Å². The lowest BCUT2D eigenvalue weighted by atomic mass is 10.1. The van der Waals surface area contributed by atoms with Crippen LogP contribution in [0.4, 0.5) is 4.39 Å². The van der Waals surface area contributed by atoms with Crippen LogP contribution in [0.15, 0.2) is 30.5 Å². The van der Waals surface area contributed by atoms with Gasteiger partial charge in [0, 0.05) is 18.3 Å². The lowest BCUT2D eigenvalue weighted by Crippen LogP contribution is -1.96. The molecule has 0 aliphatic rings. The third-order valence-electron chi connectivity index (χ3n) is 2.51. The Labute approximate surface area is 109 Å². The number of rotatable bonds is 2. The number of pyridine rings is 1. The molecule has 0 amide bonds. The second-order valence-electron chi connectivity index (χ2n) is 3.84. The molecule has 0 aliphatic carbocycles. The molecule has 0 spiro atoms. The summed E-state index contributed by atoms with van der Waals surface area (Å²) < 4.78 is 13.3. The lowest BCUT2D eigenvalue weighted by molar-refractivity contribution is 0.626. The SMILES string of the molecule is Cc1cc(Cl)cnc1Cc1ccc(Cl)c(F)c1. The zero-order valence-corrected chi connectivity index (χ0v) is 10.7. The highest BCUT2D eigenvalue weighted by molar-refractivity contribution is 6.30. The van der Waals surface area contributed by atoms with Crippen LogP contribution in [0.3, 0.4) is 0 Å². The average Bonchev–Trinajstić information content (AvgIpc) is 2.27. The molecule has 0 bridgehead atoms. The van der Waals surface area contributed by atoms with Crippen LogP contribution in [0.5, 0.6) is 0 Å². The molecular weight excluding hydrogens is 260 g/mol. The topological polar surface area (TPSA) is 12.9 Å². The molecule has 1 aromatic carbocycles. The monoisotopic (exact) mass is 269 g/mol. The molecular formula is C13H10Cl2FN. The van der Waals surface area contributed by atoms with Crippen LogP contribution in [-0.2, 0) is 6.42 Å². The van der Waals surface area contributed by atoms with Gasteiger partial charge in [0.05, 0.1) is 10.0 Å². The number of aryl methyl sites for hydroxylation is 1. The highest BCUT2D eigenvalue weighted by atomic mass is 35.5. The molecule has 0 fully saturated rings. The Morgan fingerprint density at radius 1 is 1.24 bits per heavy atom. The maximum absolute atomic E-state index is 13.3. The largest absolute Gasteiger partial charge is 0.259 e. The van der Waals surface area contributed by atoms with Crippen molar-refractivity contribution < 1.29 is 4.39 Å². The van der Waals surface area contributed by atoms with Crippen molar-refractivity contribution in [2.45, 2.75) is 13.3 Å². The van der Waals surface area contributed by atoms with Gasteiger partial charge in [-0.05, 0) is 36.2 Å². The third kappa shape index (κ3) is 2.96. The van der Waals surface area contributed by atoms with Gasteiger partial charge in [0.15, 0.2) is 0 Å². The van der Waals surface area contributed by atoms with Crippen molar-refractivity contribution in [3.8, 4) is 0 Å². The molecule has 0 atom stereocenters. The van der Waals surface area contributed by atoms with Crippen molar-refractivity contribution in [1.82, 2.24) is 4.98 Å². The third-order valence-corrected chi connectivity index (χ3v) is 3.02. The standard InChI is InChI=1S/C13H10Cl2FN/c1-8-4-10(14)7-17-13(8)6-9-2-3-11(15)12(16)5-9/h2-5,7H,6H2,1H3. The molecule has 88 valence electrons. The second kappa shape index (κ2) is 5.03. The van der Waals surface area contributed by atoms with Crippen molar-refractivity contribution in [3.05, 3.63) is 63.1 Å². The van der Waals surface area contributed by atoms with Crippen molar-refractivity contribution in [2.24, 2.45) is 0 Å². The first kappa shape index (κ1) is 12.3. The van der Waals surface area contributed by atoms with E-state index >= 15 is 0 Å². The van der Waals surface area contributed by atoms with Crippen LogP contribution in [0, 0.1) is 12.7 Å². The van der Waals surface area contributed by atoms with Crippen molar-refractivity contribution >= 4 is 23.2 Å². The fourth-order valence-corrected chi connectivity index (χ4v) is 1.93. The summed E-state index contributed by atoms with van der Waals surface area (Å²) in [4.78, 5) is 4.24. The molecule has 0 radical (unpaired) electrons. The Hall–Kier alpha value is -1.12. The van der Waals surface area contributed by atoms with Crippen LogP contribution in [0.1, 0.15) is 16.8 Å². The summed E-state index contributed by atoms with van der Waals surface area (Å²) in [5, 5.41) is 0.739. The van der Waals surface area contributed by atoms with Gasteiger partial charge in [-0.1, -0.05) is 29.3 Å². The Morgan fingerprint density at radius 3 is 2.65 bits per heavy atom. The summed E-state index contributed by atoms with van der Waals surface area (Å²) in [5.41, 5.74) is 2.72.